The lowest BCUT2D eigenvalue weighted by atomic mass is 10.1. The van der Waals surface area contributed by atoms with Crippen LogP contribution in [0.5, 0.6) is 0 Å². The fourth-order valence-corrected chi connectivity index (χ4v) is 3.04. The van der Waals surface area contributed by atoms with Gasteiger partial charge in [-0.3, -0.25) is 9.69 Å². The molecule has 2 heterocycles. The van der Waals surface area contributed by atoms with Gasteiger partial charge in [0.1, 0.15) is 11.8 Å². The molecule has 6 nitrogen and oxygen atoms in total. The van der Waals surface area contributed by atoms with Gasteiger partial charge >= 0.3 is 0 Å². The van der Waals surface area contributed by atoms with E-state index in [1.54, 1.807) is 6.20 Å². The molecule has 0 atom stereocenters. The average Bonchev–Trinajstić information content (AvgIpc) is 2.72. The van der Waals surface area contributed by atoms with E-state index in [-0.39, 0.29) is 43.1 Å². The van der Waals surface area contributed by atoms with Gasteiger partial charge in [0, 0.05) is 44.6 Å². The van der Waals surface area contributed by atoms with Crippen molar-refractivity contribution in [3.8, 4) is 6.07 Å². The molecule has 0 radical (unpaired) electrons. The number of benzene rings is 1. The number of nitrogens with zero attached hydrogens (tertiary/aromatic N) is 4. The number of aromatic nitrogens is 1. The first-order valence-electron chi connectivity index (χ1n) is 8.88. The van der Waals surface area contributed by atoms with Crippen molar-refractivity contribution in [2.75, 3.05) is 44.6 Å². The minimum absolute atomic E-state index is 0. The summed E-state index contributed by atoms with van der Waals surface area (Å²) in [5.74, 6) is 0.140. The summed E-state index contributed by atoms with van der Waals surface area (Å²) in [6, 6.07) is 15.7. The Balaban J connectivity index is 0.00000261. The summed E-state index contributed by atoms with van der Waals surface area (Å²) < 4.78 is 0. The molecule has 1 aliphatic heterocycles. The van der Waals surface area contributed by atoms with Crippen LogP contribution in [0.15, 0.2) is 48.7 Å². The summed E-state index contributed by atoms with van der Waals surface area (Å²) >= 11 is 0. The van der Waals surface area contributed by atoms with Gasteiger partial charge in [-0.15, -0.1) is 37.2 Å². The van der Waals surface area contributed by atoms with Gasteiger partial charge in [-0.05, 0) is 36.2 Å². The zero-order valence-electron chi connectivity index (χ0n) is 16.0. The van der Waals surface area contributed by atoms with Gasteiger partial charge in [-0.1, -0.05) is 18.2 Å². The summed E-state index contributed by atoms with van der Waals surface area (Å²) in [5.41, 5.74) is 2.56. The monoisotopic (exact) mass is 457 g/mol. The number of carbonyl (C=O) groups is 1. The van der Waals surface area contributed by atoms with E-state index in [9.17, 15) is 4.79 Å². The Bertz CT molecular complexity index is 777. The van der Waals surface area contributed by atoms with Gasteiger partial charge in [0.05, 0.1) is 6.54 Å². The maximum Gasteiger partial charge on any atom is 0.241 e. The Morgan fingerprint density at radius 2 is 1.76 bits per heavy atom. The Hall–Kier alpha value is -2.04. The van der Waals surface area contributed by atoms with Gasteiger partial charge in [0.15, 0.2) is 0 Å². The molecule has 0 aliphatic carbocycles. The number of hydrogen-bond acceptors (Lipinski definition) is 5. The number of nitriles is 1. The molecule has 29 heavy (non-hydrogen) atoms. The number of anilines is 1. The molecule has 1 N–H and O–H groups in total. The molecule has 1 saturated heterocycles. The van der Waals surface area contributed by atoms with Crippen LogP contribution >= 0.6 is 37.2 Å². The quantitative estimate of drug-likeness (QED) is 0.720. The van der Waals surface area contributed by atoms with Gasteiger partial charge < -0.3 is 10.2 Å². The number of piperazine rings is 1. The first-order valence-corrected chi connectivity index (χ1v) is 8.88. The van der Waals surface area contributed by atoms with Crippen LogP contribution in [0.1, 0.15) is 11.3 Å². The molecule has 1 aromatic carbocycles. The van der Waals surface area contributed by atoms with Crippen molar-refractivity contribution in [3.63, 3.8) is 0 Å². The molecule has 1 fully saturated rings. The number of carbonyl (C=O) groups excluding carboxylic acids is 1. The highest BCUT2D eigenvalue weighted by molar-refractivity contribution is 5.86. The van der Waals surface area contributed by atoms with Crippen LogP contribution in [-0.2, 0) is 11.2 Å². The summed E-state index contributed by atoms with van der Waals surface area (Å²) in [6.45, 7) is 4.54. The van der Waals surface area contributed by atoms with Crippen LogP contribution in [0.2, 0.25) is 0 Å². The van der Waals surface area contributed by atoms with E-state index >= 15 is 0 Å². The van der Waals surface area contributed by atoms with Gasteiger partial charge in [-0.25, -0.2) is 4.98 Å². The highest BCUT2D eigenvalue weighted by Gasteiger charge is 2.20. The minimum Gasteiger partial charge on any atom is -0.376 e. The van der Waals surface area contributed by atoms with Crippen molar-refractivity contribution in [2.24, 2.45) is 0 Å². The van der Waals surface area contributed by atoms with Crippen molar-refractivity contribution < 1.29 is 4.79 Å². The third kappa shape index (κ3) is 8.46. The molecule has 0 spiro atoms. The molecule has 1 amide bonds. The van der Waals surface area contributed by atoms with Crippen molar-refractivity contribution >= 4 is 48.8 Å². The zero-order valence-corrected chi connectivity index (χ0v) is 18.4. The summed E-state index contributed by atoms with van der Waals surface area (Å²) in [5, 5.41) is 12.1. The normalized spacial score (nSPS) is 13.1. The van der Waals surface area contributed by atoms with E-state index in [0.717, 1.165) is 50.4 Å². The number of rotatable bonds is 6. The van der Waals surface area contributed by atoms with Crippen molar-refractivity contribution in [2.45, 2.75) is 6.42 Å². The first kappa shape index (κ1) is 27.0. The molecule has 0 bridgehead atoms. The molecule has 0 unspecified atom stereocenters. The van der Waals surface area contributed by atoms with Crippen molar-refractivity contribution in [3.05, 3.63) is 59.9 Å². The van der Waals surface area contributed by atoms with E-state index < -0.39 is 0 Å². The number of para-hydroxylation sites is 1. The van der Waals surface area contributed by atoms with Gasteiger partial charge in [0.25, 0.3) is 0 Å². The van der Waals surface area contributed by atoms with Crippen LogP contribution in [-0.4, -0.2) is 60.0 Å². The molecule has 9 heteroatoms. The van der Waals surface area contributed by atoms with Crippen LogP contribution in [0.4, 0.5) is 5.69 Å². The predicted molar refractivity (Wildman–Crippen MR) is 122 cm³/mol. The van der Waals surface area contributed by atoms with E-state index in [1.165, 1.54) is 0 Å². The molecule has 3 rings (SSSR count). The average molecular weight is 459 g/mol. The van der Waals surface area contributed by atoms with E-state index in [4.69, 9.17) is 5.26 Å². The second-order valence-corrected chi connectivity index (χ2v) is 6.35. The van der Waals surface area contributed by atoms with Gasteiger partial charge in [0.2, 0.25) is 5.91 Å². The Morgan fingerprint density at radius 3 is 2.41 bits per heavy atom. The third-order valence-corrected chi connectivity index (χ3v) is 4.60. The molecule has 0 saturated carbocycles. The van der Waals surface area contributed by atoms with E-state index in [1.807, 2.05) is 47.4 Å². The van der Waals surface area contributed by atoms with Gasteiger partial charge in [-0.2, -0.15) is 5.26 Å². The van der Waals surface area contributed by atoms with E-state index in [2.05, 4.69) is 21.3 Å². The maximum atomic E-state index is 12.3. The fourth-order valence-electron chi connectivity index (χ4n) is 3.04. The predicted octanol–water partition coefficient (Wildman–Crippen LogP) is 3.02. The molecule has 1 aromatic heterocycles. The minimum atomic E-state index is 0. The summed E-state index contributed by atoms with van der Waals surface area (Å²) in [7, 11) is 0. The third-order valence-electron chi connectivity index (χ3n) is 4.60. The molecular formula is C20H26Cl3N5O. The zero-order chi connectivity index (χ0) is 18.2. The smallest absolute Gasteiger partial charge is 0.241 e. The van der Waals surface area contributed by atoms with Crippen LogP contribution < -0.4 is 5.32 Å². The van der Waals surface area contributed by atoms with Crippen LogP contribution in [0.25, 0.3) is 0 Å². The first-order chi connectivity index (χ1) is 12.7. The fraction of sp³-hybridized carbons (Fsp3) is 0.350. The summed E-state index contributed by atoms with van der Waals surface area (Å²) in [4.78, 5) is 20.6. The molecule has 1 aliphatic rings. The number of pyridine rings is 1. The number of amides is 1. The lowest BCUT2D eigenvalue weighted by Crippen LogP contribution is -2.50. The largest absolute Gasteiger partial charge is 0.376 e. The maximum absolute atomic E-state index is 12.3. The number of nitrogens with one attached hydrogen (secondary N) is 1. The number of hydrogen-bond donors (Lipinski definition) is 1. The number of halogens is 3. The highest BCUT2D eigenvalue weighted by Crippen LogP contribution is 2.08. The second kappa shape index (κ2) is 14.0. The van der Waals surface area contributed by atoms with E-state index in [0.29, 0.717) is 12.2 Å². The highest BCUT2D eigenvalue weighted by atomic mass is 35.5. The standard InChI is InChI=1S/C20H23N5O.3ClH/c21-15-19-14-17(6-8-22-19)7-9-24-10-12-25(13-11-24)20(26)16-23-18-4-2-1-3-5-18;;;/h1-6,8,14,23H,7,9-13,16H2;3*1H. The molecule has 2 aromatic rings. The summed E-state index contributed by atoms with van der Waals surface area (Å²) in [6.07, 6.45) is 2.57. The van der Waals surface area contributed by atoms with Crippen molar-refractivity contribution in [1.82, 2.24) is 14.8 Å². The Kier molecular flexibility index (Phi) is 13.0. The Morgan fingerprint density at radius 1 is 1.07 bits per heavy atom. The topological polar surface area (TPSA) is 72.3 Å². The second-order valence-electron chi connectivity index (χ2n) is 6.35. The lowest BCUT2D eigenvalue weighted by Gasteiger charge is -2.34. The van der Waals surface area contributed by atoms with Crippen molar-refractivity contribution in [1.29, 1.82) is 5.26 Å². The van der Waals surface area contributed by atoms with Crippen LogP contribution in [0, 0.1) is 11.3 Å². The lowest BCUT2D eigenvalue weighted by molar-refractivity contribution is -0.131. The SMILES string of the molecule is Cl.Cl.Cl.N#Cc1cc(CCN2CCN(C(=O)CNc3ccccc3)CC2)ccn1. The van der Waals surface area contributed by atoms with Crippen LogP contribution in [0.3, 0.4) is 0 Å². The Labute approximate surface area is 190 Å². The molecule has 158 valence electrons. The molecular weight excluding hydrogens is 433 g/mol.